The first-order valence-electron chi connectivity index (χ1n) is 7.51. The number of rotatable bonds is 3. The highest BCUT2D eigenvalue weighted by atomic mass is 16.5. The fourth-order valence-electron chi connectivity index (χ4n) is 3.27. The topological polar surface area (TPSA) is 47.7 Å². The summed E-state index contributed by atoms with van der Waals surface area (Å²) in [6.45, 7) is 3.50. The van der Waals surface area contributed by atoms with E-state index in [0.717, 1.165) is 31.1 Å². The Labute approximate surface area is 120 Å². The van der Waals surface area contributed by atoms with Crippen LogP contribution in [0, 0.1) is 5.92 Å². The Hall–Kier alpha value is -1.10. The molecule has 1 aromatic carbocycles. The smallest absolute Gasteiger partial charge is 0.124 e. The van der Waals surface area contributed by atoms with Gasteiger partial charge in [-0.2, -0.15) is 0 Å². The minimum Gasteiger partial charge on any atom is -0.492 e. The molecular formula is C16H24N2O2. The second-order valence-corrected chi connectivity index (χ2v) is 5.96. The zero-order valence-corrected chi connectivity index (χ0v) is 12.1. The van der Waals surface area contributed by atoms with E-state index in [2.05, 4.69) is 18.0 Å². The molecule has 2 aliphatic rings. The molecule has 3 rings (SSSR count). The normalized spacial score (nSPS) is 29.9. The molecule has 110 valence electrons. The number of likely N-dealkylation sites (N-methyl/N-ethyl adjacent to an activating group) is 1. The molecule has 0 aliphatic carbocycles. The van der Waals surface area contributed by atoms with Crippen molar-refractivity contribution in [2.45, 2.75) is 24.9 Å². The molecule has 2 heterocycles. The fourth-order valence-corrected chi connectivity index (χ4v) is 3.27. The van der Waals surface area contributed by atoms with E-state index < -0.39 is 0 Å². The standard InChI is InChI=1S/C16H24N2O2/c1-18(9-12-5-4-8-19-10-12)14-11-20-15-7-3-2-6-13(15)16(14)17/h2-3,6-7,12,14,16H,4-5,8-11,17H2,1H3. The van der Waals surface area contributed by atoms with Gasteiger partial charge < -0.3 is 15.2 Å². The molecule has 20 heavy (non-hydrogen) atoms. The van der Waals surface area contributed by atoms with E-state index >= 15 is 0 Å². The predicted molar refractivity (Wildman–Crippen MR) is 78.8 cm³/mol. The largest absolute Gasteiger partial charge is 0.492 e. The van der Waals surface area contributed by atoms with Gasteiger partial charge in [-0.05, 0) is 31.9 Å². The van der Waals surface area contributed by atoms with Crippen molar-refractivity contribution in [3.05, 3.63) is 29.8 Å². The van der Waals surface area contributed by atoms with Crippen LogP contribution in [0.5, 0.6) is 5.75 Å². The molecule has 2 N–H and O–H groups in total. The Kier molecular flexibility index (Phi) is 4.24. The maximum Gasteiger partial charge on any atom is 0.124 e. The number of nitrogens with two attached hydrogens (primary N) is 1. The molecule has 3 atom stereocenters. The molecule has 2 aliphatic heterocycles. The molecule has 0 amide bonds. The Balaban J connectivity index is 1.65. The third kappa shape index (κ3) is 2.82. The van der Waals surface area contributed by atoms with Crippen molar-refractivity contribution in [2.24, 2.45) is 11.7 Å². The number of hydrogen-bond donors (Lipinski definition) is 1. The third-order valence-electron chi connectivity index (χ3n) is 4.47. The SMILES string of the molecule is CN(CC1CCCOC1)C1COc2ccccc2C1N. The zero-order valence-electron chi connectivity index (χ0n) is 12.1. The fraction of sp³-hybridized carbons (Fsp3) is 0.625. The van der Waals surface area contributed by atoms with Crippen molar-refractivity contribution in [2.75, 3.05) is 33.4 Å². The summed E-state index contributed by atoms with van der Waals surface area (Å²) in [5.74, 6) is 1.56. The molecule has 1 aromatic rings. The van der Waals surface area contributed by atoms with Gasteiger partial charge in [-0.25, -0.2) is 0 Å². The Bertz CT molecular complexity index is 446. The summed E-state index contributed by atoms with van der Waals surface area (Å²) in [6, 6.07) is 8.36. The number of hydrogen-bond acceptors (Lipinski definition) is 4. The number of benzene rings is 1. The molecule has 0 spiro atoms. The van der Waals surface area contributed by atoms with Gasteiger partial charge in [-0.3, -0.25) is 4.90 Å². The van der Waals surface area contributed by atoms with Gasteiger partial charge in [-0.1, -0.05) is 18.2 Å². The molecule has 1 fully saturated rings. The first-order chi connectivity index (χ1) is 9.75. The first-order valence-corrected chi connectivity index (χ1v) is 7.51. The number of ether oxygens (including phenoxy) is 2. The molecule has 0 aromatic heterocycles. The van der Waals surface area contributed by atoms with Gasteiger partial charge >= 0.3 is 0 Å². The van der Waals surface area contributed by atoms with Crippen LogP contribution in [0.2, 0.25) is 0 Å². The lowest BCUT2D eigenvalue weighted by atomic mass is 9.94. The second-order valence-electron chi connectivity index (χ2n) is 5.96. The molecule has 0 bridgehead atoms. The monoisotopic (exact) mass is 276 g/mol. The maximum atomic E-state index is 6.44. The van der Waals surface area contributed by atoms with Crippen molar-refractivity contribution in [3.63, 3.8) is 0 Å². The van der Waals surface area contributed by atoms with Gasteiger partial charge in [0.1, 0.15) is 12.4 Å². The molecule has 4 nitrogen and oxygen atoms in total. The third-order valence-corrected chi connectivity index (χ3v) is 4.47. The summed E-state index contributed by atoms with van der Waals surface area (Å²) in [5.41, 5.74) is 7.56. The van der Waals surface area contributed by atoms with Crippen molar-refractivity contribution in [1.29, 1.82) is 0 Å². The quantitative estimate of drug-likeness (QED) is 0.914. The van der Waals surface area contributed by atoms with Gasteiger partial charge in [0.25, 0.3) is 0 Å². The summed E-state index contributed by atoms with van der Waals surface area (Å²) < 4.78 is 11.4. The van der Waals surface area contributed by atoms with Gasteiger partial charge in [0, 0.05) is 18.7 Å². The maximum absolute atomic E-state index is 6.44. The minimum absolute atomic E-state index is 0.0226. The van der Waals surface area contributed by atoms with E-state index in [9.17, 15) is 0 Å². The van der Waals surface area contributed by atoms with Gasteiger partial charge in [-0.15, -0.1) is 0 Å². The van der Waals surface area contributed by atoms with Crippen molar-refractivity contribution in [3.8, 4) is 5.75 Å². The molecule has 0 radical (unpaired) electrons. The summed E-state index contributed by atoms with van der Waals surface area (Å²) in [6.07, 6.45) is 2.43. The van der Waals surface area contributed by atoms with Crippen LogP contribution in [-0.4, -0.2) is 44.4 Å². The lowest BCUT2D eigenvalue weighted by molar-refractivity contribution is 0.0262. The Morgan fingerprint density at radius 3 is 2.95 bits per heavy atom. The predicted octanol–water partition coefficient (Wildman–Crippen LogP) is 1.81. The van der Waals surface area contributed by atoms with Crippen molar-refractivity contribution < 1.29 is 9.47 Å². The second kappa shape index (κ2) is 6.12. The van der Waals surface area contributed by atoms with E-state index in [1.54, 1.807) is 0 Å². The van der Waals surface area contributed by atoms with Crippen LogP contribution in [0.1, 0.15) is 24.4 Å². The first kappa shape index (κ1) is 13.9. The van der Waals surface area contributed by atoms with Crippen LogP contribution in [0.15, 0.2) is 24.3 Å². The van der Waals surface area contributed by atoms with Crippen LogP contribution < -0.4 is 10.5 Å². The average molecular weight is 276 g/mol. The highest BCUT2D eigenvalue weighted by molar-refractivity contribution is 5.38. The highest BCUT2D eigenvalue weighted by Gasteiger charge is 2.31. The van der Waals surface area contributed by atoms with Crippen molar-refractivity contribution >= 4 is 0 Å². The minimum atomic E-state index is 0.0226. The number of nitrogens with zero attached hydrogens (tertiary/aromatic N) is 1. The summed E-state index contributed by atoms with van der Waals surface area (Å²) >= 11 is 0. The molecule has 1 saturated heterocycles. The summed E-state index contributed by atoms with van der Waals surface area (Å²) in [7, 11) is 2.15. The van der Waals surface area contributed by atoms with E-state index in [0.29, 0.717) is 12.5 Å². The lowest BCUT2D eigenvalue weighted by Gasteiger charge is -2.39. The molecule has 0 saturated carbocycles. The van der Waals surface area contributed by atoms with Gasteiger partial charge in [0.2, 0.25) is 0 Å². The van der Waals surface area contributed by atoms with E-state index in [-0.39, 0.29) is 12.1 Å². The van der Waals surface area contributed by atoms with Crippen molar-refractivity contribution in [1.82, 2.24) is 4.90 Å². The molecular weight excluding hydrogens is 252 g/mol. The van der Waals surface area contributed by atoms with Crippen LogP contribution in [0.25, 0.3) is 0 Å². The van der Waals surface area contributed by atoms with E-state index in [4.69, 9.17) is 15.2 Å². The summed E-state index contributed by atoms with van der Waals surface area (Å²) in [4.78, 5) is 2.35. The molecule has 3 unspecified atom stereocenters. The van der Waals surface area contributed by atoms with Gasteiger partial charge in [0.05, 0.1) is 18.7 Å². The van der Waals surface area contributed by atoms with Crippen LogP contribution in [-0.2, 0) is 4.74 Å². The zero-order chi connectivity index (χ0) is 13.9. The van der Waals surface area contributed by atoms with E-state index in [1.807, 2.05) is 18.2 Å². The van der Waals surface area contributed by atoms with Crippen LogP contribution in [0.4, 0.5) is 0 Å². The average Bonchev–Trinajstić information content (AvgIpc) is 2.49. The molecule has 4 heteroatoms. The summed E-state index contributed by atoms with van der Waals surface area (Å²) in [5, 5.41) is 0. The number of fused-ring (bicyclic) bond motifs is 1. The highest BCUT2D eigenvalue weighted by Crippen LogP contribution is 2.32. The Morgan fingerprint density at radius 2 is 2.15 bits per heavy atom. The van der Waals surface area contributed by atoms with Crippen LogP contribution >= 0.6 is 0 Å². The lowest BCUT2D eigenvalue weighted by Crippen LogP contribution is -2.49. The number of para-hydroxylation sites is 1. The Morgan fingerprint density at radius 1 is 1.30 bits per heavy atom. The van der Waals surface area contributed by atoms with Crippen LogP contribution in [0.3, 0.4) is 0 Å². The van der Waals surface area contributed by atoms with Gasteiger partial charge in [0.15, 0.2) is 0 Å². The van der Waals surface area contributed by atoms with E-state index in [1.165, 1.54) is 12.8 Å².